The van der Waals surface area contributed by atoms with Crippen LogP contribution in [0, 0.1) is 11.3 Å². The summed E-state index contributed by atoms with van der Waals surface area (Å²) in [7, 11) is 7.36. The number of nitrogens with one attached hydrogen (secondary N) is 5. The predicted octanol–water partition coefficient (Wildman–Crippen LogP) is 8.66. The number of fused-ring (bicyclic) bond motifs is 5. The van der Waals surface area contributed by atoms with Crippen LogP contribution in [-0.4, -0.2) is 102 Å². The van der Waals surface area contributed by atoms with E-state index in [2.05, 4.69) is 123 Å². The van der Waals surface area contributed by atoms with Gasteiger partial charge < -0.3 is 40.0 Å². The van der Waals surface area contributed by atoms with Gasteiger partial charge in [0.15, 0.2) is 6.29 Å². The summed E-state index contributed by atoms with van der Waals surface area (Å²) >= 11 is 32.2. The Balaban J connectivity index is -0.000000764. The average molecular weight is 1210 g/mol. The first-order valence-electron chi connectivity index (χ1n) is 16.4. The van der Waals surface area contributed by atoms with E-state index < -0.39 is 9.23 Å². The van der Waals surface area contributed by atoms with Gasteiger partial charge in [-0.3, -0.25) is 4.79 Å². The highest BCUT2D eigenvalue weighted by Gasteiger charge is 2.10. The molecule has 0 unspecified atom stereocenters. The number of carbonyl (C=O) groups excluding carboxylic acids is 1. The zero-order valence-electron chi connectivity index (χ0n) is 31.9. The van der Waals surface area contributed by atoms with E-state index in [-0.39, 0.29) is 46.8 Å². The van der Waals surface area contributed by atoms with Crippen molar-refractivity contribution in [1.29, 1.82) is 5.26 Å². The minimum atomic E-state index is -1.67. The normalized spacial score (nSPS) is 9.40. The van der Waals surface area contributed by atoms with Gasteiger partial charge in [0.2, 0.25) is 9.23 Å². The van der Waals surface area contributed by atoms with Crippen molar-refractivity contribution in [3.05, 3.63) is 116 Å². The monoisotopic (exact) mass is 1210 g/mol. The van der Waals surface area contributed by atoms with Gasteiger partial charge in [-0.15, -0.1) is 12.4 Å². The summed E-state index contributed by atoms with van der Waals surface area (Å²) in [6.45, 7) is 0. The Kier molecular flexibility index (Phi) is 34.2. The van der Waals surface area contributed by atoms with Gasteiger partial charge in [-0.25, -0.2) is 59.9 Å². The number of aromatic nitrogens is 15. The molecule has 0 saturated heterocycles. The maximum atomic E-state index is 10.5. The molecule has 0 spiro atoms. The summed E-state index contributed by atoms with van der Waals surface area (Å²) in [6, 6.07) is 3.84. The first-order chi connectivity index (χ1) is 30.9. The highest BCUT2D eigenvalue weighted by atomic mass is 79.9. The lowest BCUT2D eigenvalue weighted by Crippen LogP contribution is -3.00. The fraction of sp³-hybridized carbons (Fsp3) is 0.108. The smallest absolute Gasteiger partial charge is 0.211 e. The first-order valence-corrected chi connectivity index (χ1v) is 21.9. The molecule has 378 valence electrons. The number of hydrogen-bond acceptors (Lipinski definition) is 17. The number of rotatable bonds is 2. The summed E-state index contributed by atoms with van der Waals surface area (Å²) in [5, 5.41) is 31.8. The van der Waals surface area contributed by atoms with Gasteiger partial charge in [0, 0.05) is 67.9 Å². The predicted molar refractivity (Wildman–Crippen MR) is 282 cm³/mol. The highest BCUT2D eigenvalue weighted by Crippen LogP contribution is 2.27. The number of carbonyl (C=O) groups is 1. The Labute approximate surface area is 447 Å². The molecule has 0 bridgehead atoms. The average Bonchev–Trinajstić information content (AvgIpc) is 4.14. The summed E-state index contributed by atoms with van der Waals surface area (Å²) in [4.78, 5) is 63.6. The van der Waals surface area contributed by atoms with Crippen molar-refractivity contribution >= 4 is 185 Å². The van der Waals surface area contributed by atoms with Gasteiger partial charge in [-0.1, -0.05) is 92.9 Å². The molecule has 0 aromatic carbocycles. The zero-order valence-corrected chi connectivity index (χ0v) is 40.4. The van der Waals surface area contributed by atoms with Crippen LogP contribution in [0.4, 0.5) is 0 Å². The number of H-pyrrole nitrogens is 5. The summed E-state index contributed by atoms with van der Waals surface area (Å²) < 4.78 is 9.97. The van der Waals surface area contributed by atoms with Crippen LogP contribution in [0.15, 0.2) is 78.3 Å². The van der Waals surface area contributed by atoms with Crippen LogP contribution in [0.5, 0.6) is 0 Å². The molecule has 22 nitrogen and oxygen atoms in total. The number of nitriles is 1. The molecular formula is C37H39BrCl8FN18O4S-. The minimum absolute atomic E-state index is 0. The Morgan fingerprint density at radius 3 is 1.43 bits per heavy atom. The van der Waals surface area contributed by atoms with Gasteiger partial charge in [-0.2, -0.15) is 5.26 Å². The quantitative estimate of drug-likeness (QED) is 0.0200. The fourth-order valence-corrected chi connectivity index (χ4v) is 6.65. The molecule has 0 atom stereocenters. The van der Waals surface area contributed by atoms with Gasteiger partial charge in [-0.05, 0) is 22.0 Å². The molecule has 10 heterocycles. The molecule has 10 aromatic rings. The Bertz CT molecular complexity index is 3220. The maximum Gasteiger partial charge on any atom is 0.211 e. The molecule has 10 rings (SSSR count). The number of aromatic amines is 5. The first kappa shape index (κ1) is 68.8. The Hall–Kier alpha value is -5.47. The van der Waals surface area contributed by atoms with Crippen LogP contribution in [-0.2, 0) is 9.23 Å². The third-order valence-electron chi connectivity index (χ3n) is 7.46. The van der Waals surface area contributed by atoms with Crippen LogP contribution in [0.2, 0.25) is 25.8 Å². The third-order valence-corrected chi connectivity index (χ3v) is 9.53. The van der Waals surface area contributed by atoms with E-state index in [1.54, 1.807) is 31.0 Å². The number of aldehydes is 1. The topological polar surface area (TPSA) is 345 Å². The van der Waals surface area contributed by atoms with Crippen molar-refractivity contribution in [3.63, 3.8) is 0 Å². The van der Waals surface area contributed by atoms with Gasteiger partial charge in [0.1, 0.15) is 91.7 Å². The number of hydrogen-bond donors (Lipinski definition) is 8. The number of nitrogens with two attached hydrogens (primary N) is 1. The molecule has 0 radical (unpaired) electrons. The molecule has 0 aliphatic rings. The van der Waals surface area contributed by atoms with E-state index in [9.17, 15) is 4.79 Å². The molecule has 0 aliphatic heterocycles. The molecule has 10 aromatic heterocycles. The summed E-state index contributed by atoms with van der Waals surface area (Å²) in [6.07, 6.45) is 17.2. The van der Waals surface area contributed by atoms with E-state index in [4.69, 9.17) is 77.9 Å². The standard InChI is InChI=1S/C7H5ClN4O.C7H3ClN4.C7H4ClN3O.C6H3BrClN3.C6H4ClN3.4CH4.Cl2OS.ClH.FH.H3NO/c8-6-5-4(2-12-13)1-9-7(5)11-3-10-6;8-6-5-4(1-9)2-10-7(5)12-3-11-6;8-6-5-4(2-12)1-9-7(5)11-3-10-6;7-3-1-9-6-4(3)5(8)10-2-11-6;7-5-4-1-2-8-6(4)10-3-9-5;;;;;1-4(2)3;;;1-2/h1-3,13H,(H,9,10,11);2-3H,(H,10,11,12);1-3H,(H,9,10,11);1-2H,(H,9,10,11);1-3H,(H,8,9,10);4*1H4;;2*1H;2H,1H2/p-1/b12-2-;;;;;;;;;;;;. The van der Waals surface area contributed by atoms with Crippen molar-refractivity contribution in [2.75, 3.05) is 0 Å². The van der Waals surface area contributed by atoms with Gasteiger partial charge in [0.05, 0.1) is 38.7 Å². The number of oxime groups is 1. The molecule has 0 amide bonds. The van der Waals surface area contributed by atoms with Gasteiger partial charge in [0.25, 0.3) is 0 Å². The van der Waals surface area contributed by atoms with Crippen molar-refractivity contribution < 1.29 is 24.1 Å². The molecule has 0 saturated carbocycles. The number of halogens is 10. The molecular weight excluding hydrogens is 1180 g/mol. The highest BCUT2D eigenvalue weighted by molar-refractivity contribution is 9.10. The van der Waals surface area contributed by atoms with E-state index >= 15 is 0 Å². The second-order valence-corrected chi connectivity index (χ2v) is 16.1. The zero-order chi connectivity index (χ0) is 46.8. The van der Waals surface area contributed by atoms with Crippen LogP contribution in [0.25, 0.3) is 55.2 Å². The van der Waals surface area contributed by atoms with Crippen LogP contribution in [0.3, 0.4) is 0 Å². The van der Waals surface area contributed by atoms with E-state index in [0.717, 1.165) is 26.5 Å². The Morgan fingerprint density at radius 2 is 0.986 bits per heavy atom. The van der Waals surface area contributed by atoms with Crippen LogP contribution in [0.1, 0.15) is 51.2 Å². The molecule has 33 heteroatoms. The lowest BCUT2D eigenvalue weighted by Gasteiger charge is -1.91. The Morgan fingerprint density at radius 1 is 0.614 bits per heavy atom. The number of nitrogens with zero attached hydrogens (tertiary/aromatic N) is 12. The van der Waals surface area contributed by atoms with E-state index in [1.807, 2.05) is 12.1 Å². The lowest BCUT2D eigenvalue weighted by atomic mass is 10.3. The van der Waals surface area contributed by atoms with Crippen molar-refractivity contribution in [2.45, 2.75) is 29.7 Å². The minimum Gasteiger partial charge on any atom is -1.00 e. The fourth-order valence-electron chi connectivity index (χ4n) is 4.90. The third kappa shape index (κ3) is 18.4. The SMILES string of the molecule is C.C.C.C.Cl.Clc1ncnc2[nH]cc(Br)c12.Clc1ncnc2[nH]ccc12.N#Cc1c[nH]c2ncnc(Cl)c12.NO.O/N=C\c1c[nH]c2ncnc(Cl)c12.O=Cc1c[nH]c2ncnc(Cl)c12.O=S(Cl)Cl.[F-]. The van der Waals surface area contributed by atoms with Crippen molar-refractivity contribution in [3.8, 4) is 6.07 Å². The van der Waals surface area contributed by atoms with Crippen molar-refractivity contribution in [1.82, 2.24) is 74.8 Å². The molecule has 9 N–H and O–H groups in total. The van der Waals surface area contributed by atoms with Gasteiger partial charge >= 0.3 is 0 Å². The molecule has 70 heavy (non-hydrogen) atoms. The van der Waals surface area contributed by atoms with E-state index in [0.29, 0.717) is 81.8 Å². The largest absolute Gasteiger partial charge is 1.00 e. The molecule has 0 fully saturated rings. The second-order valence-electron chi connectivity index (χ2n) is 10.9. The molecule has 0 aliphatic carbocycles. The van der Waals surface area contributed by atoms with Crippen LogP contribution >= 0.6 is 108 Å². The van der Waals surface area contributed by atoms with E-state index in [1.165, 1.54) is 37.9 Å². The second kappa shape index (κ2) is 34.8. The van der Waals surface area contributed by atoms with Crippen LogP contribution < -0.4 is 10.6 Å². The lowest BCUT2D eigenvalue weighted by molar-refractivity contribution is -0.0000237. The summed E-state index contributed by atoms with van der Waals surface area (Å²) in [5.41, 5.74) is 4.92. The van der Waals surface area contributed by atoms with Crippen molar-refractivity contribution in [2.24, 2.45) is 11.1 Å². The maximum absolute atomic E-state index is 10.5. The summed E-state index contributed by atoms with van der Waals surface area (Å²) in [5.74, 6) is 3.50.